The summed E-state index contributed by atoms with van der Waals surface area (Å²) in [5.41, 5.74) is 5.95. The molecule has 0 aliphatic heterocycles. The van der Waals surface area contributed by atoms with Crippen molar-refractivity contribution in [3.8, 4) is 11.4 Å². The van der Waals surface area contributed by atoms with Crippen LogP contribution in [-0.2, 0) is 16.1 Å². The Morgan fingerprint density at radius 3 is 2.36 bits per heavy atom. The van der Waals surface area contributed by atoms with Crippen molar-refractivity contribution in [1.82, 2.24) is 20.0 Å². The quantitative estimate of drug-likeness (QED) is 0.564. The molecule has 2 amide bonds. The predicted octanol–water partition coefficient (Wildman–Crippen LogP) is 4.03. The van der Waals surface area contributed by atoms with Crippen molar-refractivity contribution in [1.29, 1.82) is 0 Å². The molecule has 1 aromatic heterocycles. The molecule has 0 spiro atoms. The van der Waals surface area contributed by atoms with Gasteiger partial charge < -0.3 is 15.0 Å². The third-order valence-corrected chi connectivity index (χ3v) is 5.88. The number of hydrogen-bond acceptors (Lipinski definition) is 4. The Hall–Kier alpha value is -3.61. The Morgan fingerprint density at radius 1 is 1.09 bits per heavy atom. The number of ether oxygens (including phenoxy) is 1. The van der Waals surface area contributed by atoms with Crippen LogP contribution in [-0.4, -0.2) is 40.7 Å². The van der Waals surface area contributed by atoms with Gasteiger partial charge in [-0.1, -0.05) is 30.3 Å². The smallest absolute Gasteiger partial charge is 0.225 e. The number of hydrogen-bond donors (Lipinski definition) is 1. The number of nitrogens with one attached hydrogen (secondary N) is 1. The molecule has 3 aromatic rings. The maximum absolute atomic E-state index is 13.1. The Bertz CT molecular complexity index is 1130. The number of aromatic nitrogens is 2. The van der Waals surface area contributed by atoms with Gasteiger partial charge in [-0.15, -0.1) is 0 Å². The summed E-state index contributed by atoms with van der Waals surface area (Å²) in [6.07, 6.45) is 0.159. The van der Waals surface area contributed by atoms with E-state index in [1.54, 1.807) is 19.1 Å². The van der Waals surface area contributed by atoms with E-state index in [0.29, 0.717) is 6.54 Å². The van der Waals surface area contributed by atoms with Gasteiger partial charge in [0.2, 0.25) is 11.8 Å². The highest BCUT2D eigenvalue weighted by atomic mass is 16.5. The first-order valence-electron chi connectivity index (χ1n) is 11.0. The monoisotopic (exact) mass is 448 g/mol. The Balaban J connectivity index is 1.77. The number of rotatable bonds is 8. The Kier molecular flexibility index (Phi) is 7.53. The van der Waals surface area contributed by atoms with E-state index in [0.717, 1.165) is 39.5 Å². The second-order valence-electron chi connectivity index (χ2n) is 8.33. The second-order valence-corrected chi connectivity index (χ2v) is 8.33. The minimum absolute atomic E-state index is 0.0630. The maximum Gasteiger partial charge on any atom is 0.225 e. The topological polar surface area (TPSA) is 76.5 Å². The van der Waals surface area contributed by atoms with Crippen molar-refractivity contribution < 1.29 is 14.3 Å². The van der Waals surface area contributed by atoms with Crippen molar-refractivity contribution >= 4 is 11.8 Å². The molecular formula is C26H32N4O3. The van der Waals surface area contributed by atoms with Gasteiger partial charge in [-0.05, 0) is 50.1 Å². The fourth-order valence-electron chi connectivity index (χ4n) is 3.93. The molecule has 0 radical (unpaired) electrons. The molecule has 0 saturated heterocycles. The Labute approximate surface area is 195 Å². The number of amides is 2. The third kappa shape index (κ3) is 5.61. The average molecular weight is 449 g/mol. The van der Waals surface area contributed by atoms with Gasteiger partial charge in [-0.3, -0.25) is 9.59 Å². The molecule has 0 fully saturated rings. The molecule has 0 bridgehead atoms. The zero-order valence-electron chi connectivity index (χ0n) is 20.2. The van der Waals surface area contributed by atoms with Crippen molar-refractivity contribution in [2.24, 2.45) is 0 Å². The van der Waals surface area contributed by atoms with Gasteiger partial charge in [0.15, 0.2) is 0 Å². The zero-order chi connectivity index (χ0) is 24.1. The summed E-state index contributed by atoms with van der Waals surface area (Å²) in [5.74, 6) is 0.477. The SMILES string of the molecule is COc1ccc(C(CC(=O)N(C)Cc2c(C)nn(-c3ccccc3C)c2C)NC(C)=O)cc1. The van der Waals surface area contributed by atoms with Crippen molar-refractivity contribution in [3.05, 3.63) is 76.6 Å². The normalized spacial score (nSPS) is 11.7. The highest BCUT2D eigenvalue weighted by Gasteiger charge is 2.22. The molecule has 1 atom stereocenters. The maximum atomic E-state index is 13.1. The molecule has 1 unspecified atom stereocenters. The number of carbonyl (C=O) groups is 2. The molecule has 7 nitrogen and oxygen atoms in total. The highest BCUT2D eigenvalue weighted by molar-refractivity contribution is 5.79. The van der Waals surface area contributed by atoms with E-state index in [2.05, 4.69) is 18.3 Å². The first kappa shape index (κ1) is 24.0. The first-order valence-corrected chi connectivity index (χ1v) is 11.0. The van der Waals surface area contributed by atoms with Crippen molar-refractivity contribution in [2.45, 2.75) is 46.7 Å². The summed E-state index contributed by atoms with van der Waals surface area (Å²) in [7, 11) is 3.38. The zero-order valence-corrected chi connectivity index (χ0v) is 20.2. The molecule has 2 aromatic carbocycles. The second kappa shape index (κ2) is 10.3. The van der Waals surface area contributed by atoms with Gasteiger partial charge in [0, 0.05) is 31.8 Å². The minimum Gasteiger partial charge on any atom is -0.497 e. The van der Waals surface area contributed by atoms with Gasteiger partial charge >= 0.3 is 0 Å². The minimum atomic E-state index is -0.416. The van der Waals surface area contributed by atoms with Gasteiger partial charge in [-0.25, -0.2) is 4.68 Å². The van der Waals surface area contributed by atoms with Crippen molar-refractivity contribution in [2.75, 3.05) is 14.2 Å². The van der Waals surface area contributed by atoms with Crippen LogP contribution >= 0.6 is 0 Å². The van der Waals surface area contributed by atoms with Crippen LogP contribution in [0.5, 0.6) is 5.75 Å². The van der Waals surface area contributed by atoms with Crippen LogP contribution in [0.4, 0.5) is 0 Å². The number of nitrogens with zero attached hydrogens (tertiary/aromatic N) is 3. The van der Waals surface area contributed by atoms with Crippen LogP contribution in [0, 0.1) is 20.8 Å². The van der Waals surface area contributed by atoms with E-state index in [9.17, 15) is 9.59 Å². The first-order chi connectivity index (χ1) is 15.7. The number of benzene rings is 2. The molecule has 1 heterocycles. The predicted molar refractivity (Wildman–Crippen MR) is 128 cm³/mol. The lowest BCUT2D eigenvalue weighted by atomic mass is 10.0. The van der Waals surface area contributed by atoms with Gasteiger partial charge in [0.25, 0.3) is 0 Å². The van der Waals surface area contributed by atoms with Crippen LogP contribution in [0.1, 0.15) is 47.5 Å². The molecule has 0 saturated carbocycles. The molecule has 7 heteroatoms. The van der Waals surface area contributed by atoms with E-state index in [1.807, 2.05) is 61.0 Å². The largest absolute Gasteiger partial charge is 0.497 e. The van der Waals surface area contributed by atoms with Crippen LogP contribution < -0.4 is 10.1 Å². The fourth-order valence-corrected chi connectivity index (χ4v) is 3.93. The number of methoxy groups -OCH3 is 1. The van der Waals surface area contributed by atoms with Crippen molar-refractivity contribution in [3.63, 3.8) is 0 Å². The summed E-state index contributed by atoms with van der Waals surface area (Å²) in [5, 5.41) is 7.62. The highest BCUT2D eigenvalue weighted by Crippen LogP contribution is 2.24. The van der Waals surface area contributed by atoms with Crippen LogP contribution in [0.2, 0.25) is 0 Å². The van der Waals surface area contributed by atoms with Crippen LogP contribution in [0.3, 0.4) is 0 Å². The van der Waals surface area contributed by atoms with Gasteiger partial charge in [0.05, 0.1) is 31.0 Å². The number of para-hydroxylation sites is 1. The van der Waals surface area contributed by atoms with E-state index in [-0.39, 0.29) is 18.2 Å². The van der Waals surface area contributed by atoms with Crippen LogP contribution in [0.15, 0.2) is 48.5 Å². The molecular weight excluding hydrogens is 416 g/mol. The fraction of sp³-hybridized carbons (Fsp3) is 0.346. The summed E-state index contributed by atoms with van der Waals surface area (Å²) in [4.78, 5) is 26.6. The molecule has 0 aliphatic carbocycles. The molecule has 3 rings (SSSR count). The number of carbonyl (C=O) groups excluding carboxylic acids is 2. The number of aryl methyl sites for hydroxylation is 2. The van der Waals surface area contributed by atoms with E-state index < -0.39 is 6.04 Å². The molecule has 1 N–H and O–H groups in total. The summed E-state index contributed by atoms with van der Waals surface area (Å²) in [6, 6.07) is 15.1. The van der Waals surface area contributed by atoms with E-state index in [1.165, 1.54) is 6.92 Å². The van der Waals surface area contributed by atoms with E-state index in [4.69, 9.17) is 9.84 Å². The molecule has 0 aliphatic rings. The third-order valence-electron chi connectivity index (χ3n) is 5.88. The molecule has 174 valence electrons. The lowest BCUT2D eigenvalue weighted by Gasteiger charge is -2.23. The summed E-state index contributed by atoms with van der Waals surface area (Å²) in [6.45, 7) is 7.95. The lowest BCUT2D eigenvalue weighted by Crippen LogP contribution is -2.33. The van der Waals surface area contributed by atoms with Crippen LogP contribution in [0.25, 0.3) is 5.69 Å². The van der Waals surface area contributed by atoms with E-state index >= 15 is 0 Å². The van der Waals surface area contributed by atoms with Gasteiger partial charge in [-0.2, -0.15) is 5.10 Å². The molecule has 33 heavy (non-hydrogen) atoms. The standard InChI is InChI=1S/C26H32N4O3/c1-17-9-7-8-10-25(17)30-19(3)23(18(2)28-30)16-29(5)26(32)15-24(27-20(4)31)21-11-13-22(33-6)14-12-21/h7-14,24H,15-16H2,1-6H3,(H,27,31). The average Bonchev–Trinajstić information content (AvgIpc) is 3.06. The lowest BCUT2D eigenvalue weighted by molar-refractivity contribution is -0.131. The summed E-state index contributed by atoms with van der Waals surface area (Å²) < 4.78 is 7.15. The Morgan fingerprint density at radius 2 is 1.76 bits per heavy atom. The van der Waals surface area contributed by atoms with Gasteiger partial charge in [0.1, 0.15) is 5.75 Å². The summed E-state index contributed by atoms with van der Waals surface area (Å²) >= 11 is 0.